The minimum absolute atomic E-state index is 0.120. The maximum Gasteiger partial charge on any atom is 0.196 e. The van der Waals surface area contributed by atoms with E-state index in [0.717, 1.165) is 19.6 Å². The van der Waals surface area contributed by atoms with Gasteiger partial charge in [-0.05, 0) is 32.1 Å². The standard InChI is InChI=1S/C26H22O2S2/c1-5-11-17(7-3)29-21-15-9-13-19-23(21)26(28)24-20(25(19)27)14-10-16-22(24)30-18(8-4)12-6-2/h5-16H,1,3H2,2,4H3/b12-6-,17-11+,18-8+. The molecule has 0 aliphatic heterocycles. The van der Waals surface area contributed by atoms with Crippen LogP contribution in [-0.2, 0) is 0 Å². The zero-order valence-electron chi connectivity index (χ0n) is 17.0. The lowest BCUT2D eigenvalue weighted by atomic mass is 9.84. The first-order valence-corrected chi connectivity index (χ1v) is 11.1. The van der Waals surface area contributed by atoms with Gasteiger partial charge in [-0.15, -0.1) is 0 Å². The van der Waals surface area contributed by atoms with Crippen LogP contribution in [0.2, 0.25) is 0 Å². The molecular weight excluding hydrogens is 408 g/mol. The topological polar surface area (TPSA) is 34.1 Å². The van der Waals surface area contributed by atoms with Crippen molar-refractivity contribution in [2.75, 3.05) is 0 Å². The highest BCUT2D eigenvalue weighted by atomic mass is 32.2. The van der Waals surface area contributed by atoms with Crippen LogP contribution in [0.4, 0.5) is 0 Å². The van der Waals surface area contributed by atoms with Crippen LogP contribution < -0.4 is 0 Å². The molecule has 150 valence electrons. The largest absolute Gasteiger partial charge is 0.289 e. The summed E-state index contributed by atoms with van der Waals surface area (Å²) in [7, 11) is 0. The quantitative estimate of drug-likeness (QED) is 0.289. The van der Waals surface area contributed by atoms with E-state index in [1.807, 2.05) is 62.4 Å². The van der Waals surface area contributed by atoms with Gasteiger partial charge in [-0.1, -0.05) is 91.3 Å². The van der Waals surface area contributed by atoms with Crippen LogP contribution >= 0.6 is 23.5 Å². The predicted octanol–water partition coefficient (Wildman–Crippen LogP) is 7.38. The smallest absolute Gasteiger partial charge is 0.196 e. The Hall–Kier alpha value is -2.82. The second-order valence-corrected chi connectivity index (χ2v) is 8.65. The third-order valence-corrected chi connectivity index (χ3v) is 6.82. The summed E-state index contributed by atoms with van der Waals surface area (Å²) in [5, 5.41) is 0. The van der Waals surface area contributed by atoms with Gasteiger partial charge in [0.2, 0.25) is 0 Å². The Labute approximate surface area is 186 Å². The van der Waals surface area contributed by atoms with E-state index < -0.39 is 0 Å². The Bertz CT molecular complexity index is 1130. The van der Waals surface area contributed by atoms with Crippen molar-refractivity contribution in [3.8, 4) is 0 Å². The number of carbonyl (C=O) groups is 2. The van der Waals surface area contributed by atoms with Crippen molar-refractivity contribution in [2.24, 2.45) is 0 Å². The molecule has 2 aromatic carbocycles. The molecule has 3 rings (SSSR count). The number of fused-ring (bicyclic) bond motifs is 2. The summed E-state index contributed by atoms with van der Waals surface area (Å²) in [4.78, 5) is 30.3. The van der Waals surface area contributed by atoms with Crippen molar-refractivity contribution in [3.05, 3.63) is 118 Å². The molecule has 0 atom stereocenters. The van der Waals surface area contributed by atoms with Crippen molar-refractivity contribution in [1.29, 1.82) is 0 Å². The van der Waals surface area contributed by atoms with Gasteiger partial charge in [0.15, 0.2) is 11.6 Å². The first-order chi connectivity index (χ1) is 14.5. The molecule has 4 heteroatoms. The molecule has 0 N–H and O–H groups in total. The van der Waals surface area contributed by atoms with Crippen molar-refractivity contribution in [2.45, 2.75) is 23.6 Å². The molecule has 0 radical (unpaired) electrons. The van der Waals surface area contributed by atoms with Crippen molar-refractivity contribution in [3.63, 3.8) is 0 Å². The monoisotopic (exact) mass is 430 g/mol. The van der Waals surface area contributed by atoms with Crippen LogP contribution in [0.1, 0.15) is 45.7 Å². The van der Waals surface area contributed by atoms with Gasteiger partial charge in [0.25, 0.3) is 0 Å². The molecule has 0 spiro atoms. The third-order valence-electron chi connectivity index (χ3n) is 4.55. The zero-order chi connectivity index (χ0) is 21.7. The molecule has 2 aromatic rings. The maximum absolute atomic E-state index is 13.7. The third kappa shape index (κ3) is 4.20. The lowest BCUT2D eigenvalue weighted by molar-refractivity contribution is 0.0974. The van der Waals surface area contributed by atoms with Crippen LogP contribution in [0.15, 0.2) is 106 Å². The predicted molar refractivity (Wildman–Crippen MR) is 129 cm³/mol. The summed E-state index contributed by atoms with van der Waals surface area (Å²) in [6.07, 6.45) is 11.2. The molecule has 2 nitrogen and oxygen atoms in total. The number of carbonyl (C=O) groups excluding carboxylic acids is 2. The minimum Gasteiger partial charge on any atom is -0.289 e. The van der Waals surface area contributed by atoms with Crippen molar-refractivity contribution >= 4 is 35.1 Å². The normalized spacial score (nSPS) is 13.9. The van der Waals surface area contributed by atoms with Gasteiger partial charge in [0, 0.05) is 41.9 Å². The van der Waals surface area contributed by atoms with Gasteiger partial charge in [0.05, 0.1) is 0 Å². The molecular formula is C26H22O2S2. The second kappa shape index (κ2) is 9.79. The highest BCUT2D eigenvalue weighted by Crippen LogP contribution is 2.41. The summed E-state index contributed by atoms with van der Waals surface area (Å²) < 4.78 is 0. The summed E-state index contributed by atoms with van der Waals surface area (Å²) in [5.41, 5.74) is 1.84. The Morgan fingerprint density at radius 3 is 1.87 bits per heavy atom. The Morgan fingerprint density at radius 2 is 1.40 bits per heavy atom. The SMILES string of the molecule is C=C/C=C(\C=C)Sc1cccc2c1C(=O)c1c(SC(/C=C\C)=C/C)cccc1C2=O. The summed E-state index contributed by atoms with van der Waals surface area (Å²) in [5.74, 6) is -0.242. The number of benzene rings is 2. The van der Waals surface area contributed by atoms with E-state index in [0.29, 0.717) is 22.3 Å². The highest BCUT2D eigenvalue weighted by molar-refractivity contribution is 8.03. The molecule has 0 bridgehead atoms. The molecule has 30 heavy (non-hydrogen) atoms. The number of hydrogen-bond donors (Lipinski definition) is 0. The van der Waals surface area contributed by atoms with Gasteiger partial charge < -0.3 is 0 Å². The molecule has 1 aliphatic carbocycles. The van der Waals surface area contributed by atoms with E-state index >= 15 is 0 Å². The van der Waals surface area contributed by atoms with Gasteiger partial charge in [-0.2, -0.15) is 0 Å². The molecule has 0 aromatic heterocycles. The van der Waals surface area contributed by atoms with E-state index in [9.17, 15) is 9.59 Å². The zero-order valence-corrected chi connectivity index (χ0v) is 18.6. The lowest BCUT2D eigenvalue weighted by Gasteiger charge is -2.22. The van der Waals surface area contributed by atoms with E-state index in [1.54, 1.807) is 24.3 Å². The van der Waals surface area contributed by atoms with Crippen LogP contribution in [-0.4, -0.2) is 11.6 Å². The average molecular weight is 431 g/mol. The van der Waals surface area contributed by atoms with Gasteiger partial charge in [-0.3, -0.25) is 9.59 Å². The van der Waals surface area contributed by atoms with Gasteiger partial charge in [0.1, 0.15) is 0 Å². The number of thioether (sulfide) groups is 2. The highest BCUT2D eigenvalue weighted by Gasteiger charge is 2.33. The number of allylic oxidation sites excluding steroid dienone is 6. The molecule has 0 saturated heterocycles. The van der Waals surface area contributed by atoms with Gasteiger partial charge >= 0.3 is 0 Å². The van der Waals surface area contributed by atoms with Crippen LogP contribution in [0.5, 0.6) is 0 Å². The van der Waals surface area contributed by atoms with E-state index in [4.69, 9.17) is 0 Å². The lowest BCUT2D eigenvalue weighted by Crippen LogP contribution is -2.22. The molecule has 0 amide bonds. The fourth-order valence-electron chi connectivity index (χ4n) is 3.22. The molecule has 0 fully saturated rings. The Balaban J connectivity index is 2.16. The number of rotatable bonds is 7. The summed E-state index contributed by atoms with van der Waals surface area (Å²) in [6, 6.07) is 10.9. The van der Waals surface area contributed by atoms with Crippen molar-refractivity contribution < 1.29 is 9.59 Å². The average Bonchev–Trinajstić information content (AvgIpc) is 2.76. The fourth-order valence-corrected chi connectivity index (χ4v) is 5.20. The van der Waals surface area contributed by atoms with E-state index in [1.165, 1.54) is 23.5 Å². The van der Waals surface area contributed by atoms with Crippen molar-refractivity contribution in [1.82, 2.24) is 0 Å². The van der Waals surface area contributed by atoms with Crippen LogP contribution in [0.3, 0.4) is 0 Å². The number of ketones is 2. The first-order valence-electron chi connectivity index (χ1n) is 9.51. The Kier molecular flexibility index (Phi) is 7.14. The van der Waals surface area contributed by atoms with E-state index in [2.05, 4.69) is 13.2 Å². The fraction of sp³-hybridized carbons (Fsp3) is 0.0769. The minimum atomic E-state index is -0.122. The number of hydrogen-bond acceptors (Lipinski definition) is 4. The summed E-state index contributed by atoms with van der Waals surface area (Å²) >= 11 is 2.90. The van der Waals surface area contributed by atoms with Gasteiger partial charge in [-0.25, -0.2) is 0 Å². The first kappa shape index (κ1) is 21.9. The second-order valence-electron chi connectivity index (χ2n) is 6.42. The Morgan fingerprint density at radius 1 is 0.833 bits per heavy atom. The van der Waals surface area contributed by atoms with E-state index in [-0.39, 0.29) is 11.6 Å². The molecule has 0 saturated carbocycles. The summed E-state index contributed by atoms with van der Waals surface area (Å²) in [6.45, 7) is 11.5. The molecule has 0 unspecified atom stereocenters. The van der Waals surface area contributed by atoms with Crippen LogP contribution in [0.25, 0.3) is 0 Å². The van der Waals surface area contributed by atoms with Crippen LogP contribution in [0, 0.1) is 0 Å². The molecule has 1 aliphatic rings. The molecule has 0 heterocycles. The maximum atomic E-state index is 13.7.